The van der Waals surface area contributed by atoms with Crippen molar-refractivity contribution < 1.29 is 9.53 Å². The van der Waals surface area contributed by atoms with Gasteiger partial charge in [-0.2, -0.15) is 0 Å². The fraction of sp³-hybridized carbons (Fsp3) is 0.500. The molecule has 98 valence electrons. The van der Waals surface area contributed by atoms with Crippen molar-refractivity contribution in [3.63, 3.8) is 0 Å². The summed E-state index contributed by atoms with van der Waals surface area (Å²) in [5, 5.41) is 3.64. The van der Waals surface area contributed by atoms with Crippen molar-refractivity contribution in [3.8, 4) is 0 Å². The number of nitrogens with one attached hydrogen (secondary N) is 1. The molecule has 1 N–H and O–H groups in total. The predicted molar refractivity (Wildman–Crippen MR) is 71.5 cm³/mol. The number of hydrogen-bond donors (Lipinski definition) is 1. The highest BCUT2D eigenvalue weighted by molar-refractivity contribution is 6.30. The molecule has 1 aromatic rings. The Morgan fingerprint density at radius 3 is 2.61 bits per heavy atom. The number of ether oxygens (including phenoxy) is 1. The minimum Gasteiger partial charge on any atom is -0.375 e. The molecule has 4 heteroatoms. The quantitative estimate of drug-likeness (QED) is 0.891. The van der Waals surface area contributed by atoms with Gasteiger partial charge in [-0.3, -0.25) is 4.79 Å². The van der Waals surface area contributed by atoms with Crippen LogP contribution in [0.3, 0.4) is 0 Å². The highest BCUT2D eigenvalue weighted by Crippen LogP contribution is 2.37. The van der Waals surface area contributed by atoms with E-state index in [1.165, 1.54) is 0 Å². The van der Waals surface area contributed by atoms with Crippen LogP contribution in [0.25, 0.3) is 0 Å². The molecule has 2 rings (SSSR count). The van der Waals surface area contributed by atoms with E-state index in [4.69, 9.17) is 16.3 Å². The molecular weight excluding hydrogens is 250 g/mol. The number of carbonyl (C=O) groups is 1. The van der Waals surface area contributed by atoms with Gasteiger partial charge in [0.05, 0.1) is 6.10 Å². The molecular formula is C14H18ClNO2. The van der Waals surface area contributed by atoms with E-state index in [0.717, 1.165) is 12.0 Å². The third-order valence-corrected chi connectivity index (χ3v) is 3.69. The first-order valence-corrected chi connectivity index (χ1v) is 6.55. The van der Waals surface area contributed by atoms with Crippen LogP contribution in [-0.4, -0.2) is 19.6 Å². The van der Waals surface area contributed by atoms with Crippen molar-refractivity contribution in [2.45, 2.75) is 19.4 Å². The van der Waals surface area contributed by atoms with Crippen LogP contribution in [0.1, 0.15) is 25.0 Å². The van der Waals surface area contributed by atoms with Crippen LogP contribution in [-0.2, 0) is 9.53 Å². The van der Waals surface area contributed by atoms with E-state index < -0.39 is 0 Å². The summed E-state index contributed by atoms with van der Waals surface area (Å²) in [7, 11) is 1.64. The van der Waals surface area contributed by atoms with E-state index in [-0.39, 0.29) is 17.9 Å². The van der Waals surface area contributed by atoms with Crippen LogP contribution in [0, 0.1) is 11.8 Å². The second-order valence-electron chi connectivity index (χ2n) is 4.84. The standard InChI is InChI=1S/C14H18ClNO2/c1-9-7-12(9)14(17)16-8-13(18-2)10-3-5-11(15)6-4-10/h3-6,9,12-13H,7-8H2,1-2H3,(H,16,17)/t9-,12+,13-/m1/s1. The highest BCUT2D eigenvalue weighted by atomic mass is 35.5. The second kappa shape index (κ2) is 5.72. The summed E-state index contributed by atoms with van der Waals surface area (Å²) in [5.74, 6) is 0.868. The topological polar surface area (TPSA) is 38.3 Å². The molecule has 0 saturated heterocycles. The molecule has 0 aromatic heterocycles. The molecule has 3 atom stereocenters. The van der Waals surface area contributed by atoms with Gasteiger partial charge in [0.25, 0.3) is 0 Å². The van der Waals surface area contributed by atoms with Crippen molar-refractivity contribution in [1.29, 1.82) is 0 Å². The lowest BCUT2D eigenvalue weighted by atomic mass is 10.1. The molecule has 1 amide bonds. The van der Waals surface area contributed by atoms with Gasteiger partial charge in [-0.25, -0.2) is 0 Å². The van der Waals surface area contributed by atoms with E-state index >= 15 is 0 Å². The van der Waals surface area contributed by atoms with Crippen molar-refractivity contribution >= 4 is 17.5 Å². The molecule has 0 unspecified atom stereocenters. The maximum absolute atomic E-state index is 11.7. The Balaban J connectivity index is 1.89. The summed E-state index contributed by atoms with van der Waals surface area (Å²) in [6.45, 7) is 2.59. The van der Waals surface area contributed by atoms with Crippen molar-refractivity contribution in [3.05, 3.63) is 34.9 Å². The molecule has 0 bridgehead atoms. The van der Waals surface area contributed by atoms with E-state index in [2.05, 4.69) is 12.2 Å². The summed E-state index contributed by atoms with van der Waals surface area (Å²) >= 11 is 5.84. The Morgan fingerprint density at radius 1 is 1.50 bits per heavy atom. The zero-order valence-corrected chi connectivity index (χ0v) is 11.4. The second-order valence-corrected chi connectivity index (χ2v) is 5.28. The van der Waals surface area contributed by atoms with Crippen LogP contribution in [0.2, 0.25) is 5.02 Å². The first kappa shape index (κ1) is 13.4. The van der Waals surface area contributed by atoms with Gasteiger partial charge in [0, 0.05) is 24.6 Å². The van der Waals surface area contributed by atoms with Gasteiger partial charge < -0.3 is 10.1 Å². The number of benzene rings is 1. The monoisotopic (exact) mass is 267 g/mol. The summed E-state index contributed by atoms with van der Waals surface area (Å²) in [4.78, 5) is 11.7. The molecule has 0 heterocycles. The van der Waals surface area contributed by atoms with E-state index in [1.54, 1.807) is 7.11 Å². The fourth-order valence-electron chi connectivity index (χ4n) is 2.03. The molecule has 0 aliphatic heterocycles. The van der Waals surface area contributed by atoms with Gasteiger partial charge in [-0.15, -0.1) is 0 Å². The Hall–Kier alpha value is -1.06. The lowest BCUT2D eigenvalue weighted by Gasteiger charge is -2.16. The van der Waals surface area contributed by atoms with Gasteiger partial charge in [-0.1, -0.05) is 30.7 Å². The number of methoxy groups -OCH3 is 1. The van der Waals surface area contributed by atoms with Crippen LogP contribution >= 0.6 is 11.6 Å². The third kappa shape index (κ3) is 3.24. The summed E-state index contributed by atoms with van der Waals surface area (Å²) in [6, 6.07) is 7.49. The van der Waals surface area contributed by atoms with E-state index in [9.17, 15) is 4.79 Å². The zero-order valence-electron chi connectivity index (χ0n) is 10.7. The number of carbonyl (C=O) groups excluding carboxylic acids is 1. The molecule has 1 fully saturated rings. The fourth-order valence-corrected chi connectivity index (χ4v) is 2.15. The molecule has 3 nitrogen and oxygen atoms in total. The first-order chi connectivity index (χ1) is 8.61. The molecule has 1 saturated carbocycles. The maximum Gasteiger partial charge on any atom is 0.223 e. The van der Waals surface area contributed by atoms with Crippen molar-refractivity contribution in [1.82, 2.24) is 5.32 Å². The Bertz CT molecular complexity index is 418. The number of hydrogen-bond acceptors (Lipinski definition) is 2. The molecule has 1 aliphatic carbocycles. The number of halogens is 1. The molecule has 0 radical (unpaired) electrons. The van der Waals surface area contributed by atoms with Crippen LogP contribution < -0.4 is 5.32 Å². The smallest absolute Gasteiger partial charge is 0.223 e. The van der Waals surface area contributed by atoms with Gasteiger partial charge in [0.2, 0.25) is 5.91 Å². The minimum atomic E-state index is -0.125. The lowest BCUT2D eigenvalue weighted by Crippen LogP contribution is -2.30. The number of rotatable bonds is 5. The SMILES string of the molecule is CO[C@H](CNC(=O)[C@H]1C[C@H]1C)c1ccc(Cl)cc1. The third-order valence-electron chi connectivity index (χ3n) is 3.43. The lowest BCUT2D eigenvalue weighted by molar-refractivity contribution is -0.123. The largest absolute Gasteiger partial charge is 0.375 e. The molecule has 18 heavy (non-hydrogen) atoms. The molecule has 1 aromatic carbocycles. The summed E-state index contributed by atoms with van der Waals surface area (Å²) < 4.78 is 5.40. The van der Waals surface area contributed by atoms with E-state index in [0.29, 0.717) is 17.5 Å². The van der Waals surface area contributed by atoms with E-state index in [1.807, 2.05) is 24.3 Å². The summed E-state index contributed by atoms with van der Waals surface area (Å²) in [5.41, 5.74) is 1.02. The normalized spacial score (nSPS) is 23.5. The minimum absolute atomic E-state index is 0.125. The van der Waals surface area contributed by atoms with Gasteiger partial charge in [0.1, 0.15) is 0 Å². The Morgan fingerprint density at radius 2 is 2.11 bits per heavy atom. The Kier molecular flexibility index (Phi) is 4.25. The van der Waals surface area contributed by atoms with Gasteiger partial charge in [-0.05, 0) is 30.0 Å². The van der Waals surface area contributed by atoms with Crippen LogP contribution in [0.5, 0.6) is 0 Å². The number of amides is 1. The summed E-state index contributed by atoms with van der Waals surface area (Å²) in [6.07, 6.45) is 0.880. The van der Waals surface area contributed by atoms with Crippen LogP contribution in [0.15, 0.2) is 24.3 Å². The predicted octanol–water partition coefficient (Wildman–Crippen LogP) is 2.80. The molecule has 0 spiro atoms. The highest BCUT2D eigenvalue weighted by Gasteiger charge is 2.39. The van der Waals surface area contributed by atoms with Crippen molar-refractivity contribution in [2.75, 3.05) is 13.7 Å². The Labute approximate surface area is 112 Å². The zero-order chi connectivity index (χ0) is 13.1. The van der Waals surface area contributed by atoms with Gasteiger partial charge in [0.15, 0.2) is 0 Å². The van der Waals surface area contributed by atoms with Crippen molar-refractivity contribution in [2.24, 2.45) is 11.8 Å². The van der Waals surface area contributed by atoms with Crippen LogP contribution in [0.4, 0.5) is 0 Å². The average molecular weight is 268 g/mol. The van der Waals surface area contributed by atoms with Gasteiger partial charge >= 0.3 is 0 Å². The maximum atomic E-state index is 11.7. The molecule has 1 aliphatic rings. The first-order valence-electron chi connectivity index (χ1n) is 6.17. The average Bonchev–Trinajstić information content (AvgIpc) is 3.09.